The fraction of sp³-hybridized carbons (Fsp3) is 0.188. The molecule has 0 aliphatic carbocycles. The molecule has 0 unspecified atom stereocenters. The van der Waals surface area contributed by atoms with Crippen molar-refractivity contribution in [2.24, 2.45) is 0 Å². The Balaban J connectivity index is 2.62. The standard InChI is InChI=1S/C16H16BrNO3/c1-9-5-4-6-11(18)13(9)15(19)10-7-8-12(20-2)14(17)16(10)21-3/h4-8H,18H2,1-3H3. The minimum Gasteiger partial charge on any atom is -0.495 e. The van der Waals surface area contributed by atoms with Gasteiger partial charge in [0.2, 0.25) is 0 Å². The summed E-state index contributed by atoms with van der Waals surface area (Å²) in [5.41, 5.74) is 8.16. The van der Waals surface area contributed by atoms with Crippen LogP contribution in [-0.2, 0) is 0 Å². The monoisotopic (exact) mass is 349 g/mol. The molecular weight excluding hydrogens is 334 g/mol. The summed E-state index contributed by atoms with van der Waals surface area (Å²) in [4.78, 5) is 12.8. The molecule has 0 atom stereocenters. The average molecular weight is 350 g/mol. The molecule has 0 bridgehead atoms. The zero-order valence-electron chi connectivity index (χ0n) is 12.1. The van der Waals surface area contributed by atoms with Crippen LogP contribution in [-0.4, -0.2) is 20.0 Å². The van der Waals surface area contributed by atoms with Gasteiger partial charge in [-0.1, -0.05) is 12.1 Å². The maximum Gasteiger partial charge on any atom is 0.199 e. The third-order valence-corrected chi connectivity index (χ3v) is 4.01. The van der Waals surface area contributed by atoms with Crippen LogP contribution in [0.5, 0.6) is 11.5 Å². The molecule has 2 aromatic carbocycles. The average Bonchev–Trinajstić information content (AvgIpc) is 2.46. The summed E-state index contributed by atoms with van der Waals surface area (Å²) in [6, 6.07) is 8.79. The van der Waals surface area contributed by atoms with Crippen LogP contribution in [0, 0.1) is 6.92 Å². The van der Waals surface area contributed by atoms with Crippen LogP contribution >= 0.6 is 15.9 Å². The van der Waals surface area contributed by atoms with Gasteiger partial charge in [-0.25, -0.2) is 0 Å². The van der Waals surface area contributed by atoms with Gasteiger partial charge in [0.25, 0.3) is 0 Å². The van der Waals surface area contributed by atoms with Crippen LogP contribution < -0.4 is 15.2 Å². The fourth-order valence-electron chi connectivity index (χ4n) is 2.21. The second-order valence-electron chi connectivity index (χ2n) is 4.53. The first-order valence-corrected chi connectivity index (χ1v) is 7.10. The number of ether oxygens (including phenoxy) is 2. The zero-order chi connectivity index (χ0) is 15.6. The van der Waals surface area contributed by atoms with Crippen molar-refractivity contribution in [1.29, 1.82) is 0 Å². The van der Waals surface area contributed by atoms with Crippen molar-refractivity contribution in [3.8, 4) is 11.5 Å². The molecule has 0 aliphatic rings. The fourth-order valence-corrected chi connectivity index (χ4v) is 2.88. The molecule has 0 aromatic heterocycles. The number of ketones is 1. The number of carbonyl (C=O) groups is 1. The van der Waals surface area contributed by atoms with Gasteiger partial charge < -0.3 is 15.2 Å². The SMILES string of the molecule is COc1ccc(C(=O)c2c(C)cccc2N)c(OC)c1Br. The van der Waals surface area contributed by atoms with Crippen LogP contribution in [0.3, 0.4) is 0 Å². The van der Waals surface area contributed by atoms with Gasteiger partial charge in [-0.15, -0.1) is 0 Å². The lowest BCUT2D eigenvalue weighted by atomic mass is 9.96. The van der Waals surface area contributed by atoms with E-state index in [1.807, 2.05) is 19.1 Å². The highest BCUT2D eigenvalue weighted by Gasteiger charge is 2.22. The van der Waals surface area contributed by atoms with Gasteiger partial charge in [0.05, 0.1) is 19.8 Å². The van der Waals surface area contributed by atoms with Crippen molar-refractivity contribution in [2.45, 2.75) is 6.92 Å². The van der Waals surface area contributed by atoms with Crippen molar-refractivity contribution in [1.82, 2.24) is 0 Å². The molecule has 2 aromatic rings. The van der Waals surface area contributed by atoms with E-state index in [4.69, 9.17) is 15.2 Å². The van der Waals surface area contributed by atoms with Gasteiger partial charge in [0, 0.05) is 11.3 Å². The molecule has 0 saturated carbocycles. The lowest BCUT2D eigenvalue weighted by Crippen LogP contribution is -2.09. The van der Waals surface area contributed by atoms with E-state index in [1.54, 1.807) is 25.3 Å². The van der Waals surface area contributed by atoms with Crippen molar-refractivity contribution in [3.05, 3.63) is 51.5 Å². The largest absolute Gasteiger partial charge is 0.495 e. The van der Waals surface area contributed by atoms with Crippen LogP contribution in [0.25, 0.3) is 0 Å². The topological polar surface area (TPSA) is 61.5 Å². The van der Waals surface area contributed by atoms with E-state index < -0.39 is 0 Å². The third kappa shape index (κ3) is 2.74. The van der Waals surface area contributed by atoms with Crippen LogP contribution in [0.2, 0.25) is 0 Å². The van der Waals surface area contributed by atoms with E-state index in [1.165, 1.54) is 7.11 Å². The van der Waals surface area contributed by atoms with Gasteiger partial charge in [0.15, 0.2) is 5.78 Å². The Morgan fingerprint density at radius 2 is 1.86 bits per heavy atom. The van der Waals surface area contributed by atoms with Crippen molar-refractivity contribution >= 4 is 27.4 Å². The van der Waals surface area contributed by atoms with Gasteiger partial charge >= 0.3 is 0 Å². The number of aryl methyl sites for hydroxylation is 1. The molecule has 0 radical (unpaired) electrons. The van der Waals surface area contributed by atoms with Crippen LogP contribution in [0.4, 0.5) is 5.69 Å². The number of nitrogen functional groups attached to an aromatic ring is 1. The molecule has 0 aliphatic heterocycles. The summed E-state index contributed by atoms with van der Waals surface area (Å²) >= 11 is 3.40. The quantitative estimate of drug-likeness (QED) is 0.676. The summed E-state index contributed by atoms with van der Waals surface area (Å²) in [6.07, 6.45) is 0. The summed E-state index contributed by atoms with van der Waals surface area (Å²) in [5.74, 6) is 0.856. The molecule has 21 heavy (non-hydrogen) atoms. The van der Waals surface area contributed by atoms with E-state index >= 15 is 0 Å². The number of anilines is 1. The summed E-state index contributed by atoms with van der Waals surface area (Å²) in [5, 5.41) is 0. The van der Waals surface area contributed by atoms with Gasteiger partial charge in [-0.3, -0.25) is 4.79 Å². The lowest BCUT2D eigenvalue weighted by Gasteiger charge is -2.14. The summed E-state index contributed by atoms with van der Waals surface area (Å²) < 4.78 is 11.2. The Bertz CT molecular complexity index is 678. The molecule has 2 N–H and O–H groups in total. The predicted octanol–water partition coefficient (Wildman–Crippen LogP) is 3.59. The van der Waals surface area contributed by atoms with E-state index in [-0.39, 0.29) is 5.78 Å². The van der Waals surface area contributed by atoms with E-state index in [0.717, 1.165) is 5.56 Å². The Kier molecular flexibility index (Phi) is 4.53. The van der Waals surface area contributed by atoms with Gasteiger partial charge in [-0.2, -0.15) is 0 Å². The van der Waals surface area contributed by atoms with E-state index in [0.29, 0.717) is 32.8 Å². The van der Waals surface area contributed by atoms with Gasteiger partial charge in [0.1, 0.15) is 16.0 Å². The molecule has 5 heteroatoms. The maximum atomic E-state index is 12.8. The zero-order valence-corrected chi connectivity index (χ0v) is 13.7. The molecule has 0 fully saturated rings. The normalized spacial score (nSPS) is 10.3. The van der Waals surface area contributed by atoms with E-state index in [9.17, 15) is 4.79 Å². The number of nitrogens with two attached hydrogens (primary N) is 1. The molecule has 0 spiro atoms. The second-order valence-corrected chi connectivity index (χ2v) is 5.32. The highest BCUT2D eigenvalue weighted by molar-refractivity contribution is 9.10. The maximum absolute atomic E-state index is 12.8. The highest BCUT2D eigenvalue weighted by atomic mass is 79.9. The number of hydrogen-bond donors (Lipinski definition) is 1. The Labute approximate surface area is 132 Å². The van der Waals surface area contributed by atoms with Crippen molar-refractivity contribution < 1.29 is 14.3 Å². The smallest absolute Gasteiger partial charge is 0.199 e. The minimum atomic E-state index is -0.175. The molecule has 0 amide bonds. The molecule has 4 nitrogen and oxygen atoms in total. The minimum absolute atomic E-state index is 0.175. The number of halogens is 1. The first-order chi connectivity index (χ1) is 10.0. The van der Waals surface area contributed by atoms with Crippen LogP contribution in [0.15, 0.2) is 34.8 Å². The molecule has 2 rings (SSSR count). The highest BCUT2D eigenvalue weighted by Crippen LogP contribution is 2.38. The Morgan fingerprint density at radius 3 is 2.43 bits per heavy atom. The molecule has 0 saturated heterocycles. The summed E-state index contributed by atoms with van der Waals surface area (Å²) in [7, 11) is 3.07. The number of benzene rings is 2. The lowest BCUT2D eigenvalue weighted by molar-refractivity contribution is 0.103. The van der Waals surface area contributed by atoms with Crippen molar-refractivity contribution in [3.63, 3.8) is 0 Å². The number of carbonyl (C=O) groups excluding carboxylic acids is 1. The molecule has 0 heterocycles. The first kappa shape index (κ1) is 15.4. The summed E-state index contributed by atoms with van der Waals surface area (Å²) in [6.45, 7) is 1.86. The Morgan fingerprint density at radius 1 is 1.14 bits per heavy atom. The number of rotatable bonds is 4. The van der Waals surface area contributed by atoms with E-state index in [2.05, 4.69) is 15.9 Å². The first-order valence-electron chi connectivity index (χ1n) is 6.31. The van der Waals surface area contributed by atoms with Crippen molar-refractivity contribution in [2.75, 3.05) is 20.0 Å². The van der Waals surface area contributed by atoms with Gasteiger partial charge in [-0.05, 0) is 46.6 Å². The number of methoxy groups -OCH3 is 2. The molecule has 110 valence electrons. The predicted molar refractivity (Wildman–Crippen MR) is 86.3 cm³/mol. The third-order valence-electron chi connectivity index (χ3n) is 3.26. The second kappa shape index (κ2) is 6.18. The Hall–Kier alpha value is -2.01. The molecular formula is C16H16BrNO3. The van der Waals surface area contributed by atoms with Crippen LogP contribution in [0.1, 0.15) is 21.5 Å². The number of hydrogen-bond acceptors (Lipinski definition) is 4.